The van der Waals surface area contributed by atoms with Crippen molar-refractivity contribution in [2.24, 2.45) is 0 Å². The Labute approximate surface area is 250 Å². The lowest BCUT2D eigenvalue weighted by atomic mass is 9.99. The lowest BCUT2D eigenvalue weighted by Gasteiger charge is -2.08. The predicted octanol–water partition coefficient (Wildman–Crippen LogP) is 10.1. The number of hydrogen-bond acceptors (Lipinski definition) is 8. The molecule has 0 saturated carbocycles. The van der Waals surface area contributed by atoms with Crippen LogP contribution in [0.5, 0.6) is 0 Å². The molecule has 0 atom stereocenters. The fourth-order valence-electron chi connectivity index (χ4n) is 4.84. The Kier molecular flexibility index (Phi) is 7.44. The Morgan fingerprint density at radius 3 is 0.455 bits per heavy atom. The Hall–Kier alpha value is -6.28. The van der Waals surface area contributed by atoms with Crippen LogP contribution in [0.15, 0.2) is 183 Å². The highest BCUT2D eigenvalue weighted by atomic mass is 16.4. The fourth-order valence-corrected chi connectivity index (χ4v) is 4.84. The van der Waals surface area contributed by atoms with Gasteiger partial charge in [0.1, 0.15) is 46.1 Å². The van der Waals surface area contributed by atoms with E-state index in [0.29, 0.717) is 46.1 Å². The zero-order valence-corrected chi connectivity index (χ0v) is 23.1. The summed E-state index contributed by atoms with van der Waals surface area (Å²) in [7, 11) is 0. The van der Waals surface area contributed by atoms with E-state index >= 15 is 0 Å². The summed E-state index contributed by atoms with van der Waals surface area (Å²) >= 11 is 0. The van der Waals surface area contributed by atoms with E-state index in [-0.39, 0.29) is 0 Å². The molecule has 0 aliphatic carbocycles. The Bertz CT molecular complexity index is 1550. The van der Waals surface area contributed by atoms with Crippen LogP contribution in [0.2, 0.25) is 0 Å². The van der Waals surface area contributed by atoms with Gasteiger partial charge >= 0.3 is 0 Å². The van der Waals surface area contributed by atoms with Gasteiger partial charge in [-0.15, -0.1) is 0 Å². The molecule has 8 aromatic heterocycles. The van der Waals surface area contributed by atoms with Crippen LogP contribution in [0.3, 0.4) is 0 Å². The Morgan fingerprint density at radius 2 is 0.364 bits per heavy atom. The molecule has 8 aromatic rings. The van der Waals surface area contributed by atoms with Crippen molar-refractivity contribution in [1.82, 2.24) is 0 Å². The smallest absolute Gasteiger partial charge is 0.138 e. The number of furan rings is 8. The van der Waals surface area contributed by atoms with Gasteiger partial charge < -0.3 is 35.3 Å². The molecule has 8 rings (SSSR count). The SMILES string of the molecule is c1coc(C(=C(c2ccco2)c2ccco2)c2ccco2)c1.c1coc(C(=C(c2ccco2)c2ccco2)c2ccco2)c1. The summed E-state index contributed by atoms with van der Waals surface area (Å²) in [6.45, 7) is 0. The second-order valence-electron chi connectivity index (χ2n) is 9.32. The molecule has 0 unspecified atom stereocenters. The maximum atomic E-state index is 5.60. The van der Waals surface area contributed by atoms with Crippen molar-refractivity contribution in [2.45, 2.75) is 0 Å². The lowest BCUT2D eigenvalue weighted by molar-refractivity contribution is 0.519. The van der Waals surface area contributed by atoms with Crippen LogP contribution in [0.25, 0.3) is 22.3 Å². The van der Waals surface area contributed by atoms with Crippen LogP contribution < -0.4 is 0 Å². The van der Waals surface area contributed by atoms with Gasteiger partial charge in [-0.2, -0.15) is 0 Å². The minimum atomic E-state index is 0.678. The van der Waals surface area contributed by atoms with E-state index in [2.05, 4.69) is 0 Å². The number of rotatable bonds is 8. The van der Waals surface area contributed by atoms with Gasteiger partial charge in [0.15, 0.2) is 0 Å². The van der Waals surface area contributed by atoms with Gasteiger partial charge in [-0.25, -0.2) is 0 Å². The summed E-state index contributed by atoms with van der Waals surface area (Å²) in [5.74, 6) is 5.43. The van der Waals surface area contributed by atoms with E-state index in [4.69, 9.17) is 35.3 Å². The summed E-state index contributed by atoms with van der Waals surface area (Å²) in [6.07, 6.45) is 13.0. The molecule has 0 saturated heterocycles. The van der Waals surface area contributed by atoms with Crippen LogP contribution >= 0.6 is 0 Å². The van der Waals surface area contributed by atoms with E-state index in [0.717, 1.165) is 22.3 Å². The summed E-state index contributed by atoms with van der Waals surface area (Å²) in [4.78, 5) is 0. The van der Waals surface area contributed by atoms with Crippen molar-refractivity contribution < 1.29 is 35.3 Å². The van der Waals surface area contributed by atoms with E-state index in [1.54, 1.807) is 50.1 Å². The second-order valence-corrected chi connectivity index (χ2v) is 9.32. The van der Waals surface area contributed by atoms with Crippen LogP contribution in [0, 0.1) is 0 Å². The van der Waals surface area contributed by atoms with Gasteiger partial charge in [0.2, 0.25) is 0 Å². The summed E-state index contributed by atoms with van der Waals surface area (Å²) < 4.78 is 44.8. The van der Waals surface area contributed by atoms with Crippen molar-refractivity contribution in [3.05, 3.63) is 193 Å². The highest BCUT2D eigenvalue weighted by Crippen LogP contribution is 2.38. The highest BCUT2D eigenvalue weighted by molar-refractivity contribution is 6.01. The van der Waals surface area contributed by atoms with Crippen molar-refractivity contribution >= 4 is 22.3 Å². The molecular formula is C36H24O8. The monoisotopic (exact) mass is 584 g/mol. The third kappa shape index (κ3) is 5.35. The normalized spacial score (nSPS) is 10.7. The van der Waals surface area contributed by atoms with E-state index in [1.165, 1.54) is 0 Å². The third-order valence-corrected chi connectivity index (χ3v) is 6.64. The molecule has 216 valence electrons. The maximum Gasteiger partial charge on any atom is 0.138 e. The third-order valence-electron chi connectivity index (χ3n) is 6.64. The molecule has 8 nitrogen and oxygen atoms in total. The van der Waals surface area contributed by atoms with Crippen LogP contribution in [0.1, 0.15) is 46.1 Å². The molecule has 8 heterocycles. The largest absolute Gasteiger partial charge is 0.464 e. The minimum Gasteiger partial charge on any atom is -0.464 e. The van der Waals surface area contributed by atoms with Gasteiger partial charge in [0.05, 0.1) is 72.4 Å². The molecule has 0 spiro atoms. The molecule has 0 aliphatic rings. The van der Waals surface area contributed by atoms with Gasteiger partial charge in [-0.1, -0.05) is 0 Å². The quantitative estimate of drug-likeness (QED) is 0.174. The average Bonchev–Trinajstić information content (AvgIpc) is 3.92. The minimum absolute atomic E-state index is 0.678. The summed E-state index contributed by atoms with van der Waals surface area (Å²) in [6, 6.07) is 29.7. The Balaban J connectivity index is 0.000000142. The topological polar surface area (TPSA) is 105 Å². The number of hydrogen-bond donors (Lipinski definition) is 0. The van der Waals surface area contributed by atoms with Gasteiger partial charge in [0.25, 0.3) is 0 Å². The van der Waals surface area contributed by atoms with Crippen LogP contribution in [-0.2, 0) is 0 Å². The van der Waals surface area contributed by atoms with Crippen molar-refractivity contribution in [2.75, 3.05) is 0 Å². The van der Waals surface area contributed by atoms with Crippen LogP contribution in [-0.4, -0.2) is 0 Å². The van der Waals surface area contributed by atoms with Crippen LogP contribution in [0.4, 0.5) is 0 Å². The standard InChI is InChI=1S/2C18H12O4/c2*1-5-13(19-9-1)17(14-6-2-10-20-14)18(15-7-3-11-21-15)16-8-4-12-22-16/h2*1-12H. The first kappa shape index (κ1) is 26.6. The first-order valence-corrected chi connectivity index (χ1v) is 13.7. The molecule has 0 aromatic carbocycles. The molecule has 0 bridgehead atoms. The van der Waals surface area contributed by atoms with Gasteiger partial charge in [-0.05, 0) is 97.1 Å². The fraction of sp³-hybridized carbons (Fsp3) is 0. The Morgan fingerprint density at radius 1 is 0.227 bits per heavy atom. The summed E-state index contributed by atoms with van der Waals surface area (Å²) in [5, 5.41) is 0. The maximum absolute atomic E-state index is 5.60. The molecule has 0 aliphatic heterocycles. The second kappa shape index (κ2) is 12.3. The molecule has 0 fully saturated rings. The molecular weight excluding hydrogens is 560 g/mol. The van der Waals surface area contributed by atoms with E-state index < -0.39 is 0 Å². The molecule has 0 N–H and O–H groups in total. The molecule has 0 radical (unpaired) electrons. The molecule has 0 amide bonds. The van der Waals surface area contributed by atoms with Gasteiger partial charge in [-0.3, -0.25) is 0 Å². The zero-order valence-electron chi connectivity index (χ0n) is 23.1. The zero-order chi connectivity index (χ0) is 29.6. The van der Waals surface area contributed by atoms with E-state index in [1.807, 2.05) is 97.1 Å². The van der Waals surface area contributed by atoms with Crippen molar-refractivity contribution in [1.29, 1.82) is 0 Å². The van der Waals surface area contributed by atoms with Crippen molar-refractivity contribution in [3.63, 3.8) is 0 Å². The van der Waals surface area contributed by atoms with Crippen molar-refractivity contribution in [3.8, 4) is 0 Å². The first-order valence-electron chi connectivity index (χ1n) is 13.7. The lowest BCUT2D eigenvalue weighted by Crippen LogP contribution is -1.93. The first-order chi connectivity index (χ1) is 21.9. The summed E-state index contributed by atoms with van der Waals surface area (Å²) in [5.41, 5.74) is 3.11. The van der Waals surface area contributed by atoms with Gasteiger partial charge in [0, 0.05) is 0 Å². The molecule has 44 heavy (non-hydrogen) atoms. The van der Waals surface area contributed by atoms with E-state index in [9.17, 15) is 0 Å². The molecule has 8 heteroatoms. The average molecular weight is 585 g/mol. The highest BCUT2D eigenvalue weighted by Gasteiger charge is 2.24. The predicted molar refractivity (Wildman–Crippen MR) is 160 cm³/mol.